The molecular formula is C15H11N3O3. The minimum absolute atomic E-state index is 0.0110. The lowest BCUT2D eigenvalue weighted by Gasteiger charge is -1.99. The van der Waals surface area contributed by atoms with E-state index in [1.807, 2.05) is 31.2 Å². The number of nitro benzene ring substituents is 1. The summed E-state index contributed by atoms with van der Waals surface area (Å²) in [7, 11) is 0. The van der Waals surface area contributed by atoms with Crippen molar-refractivity contribution in [2.75, 3.05) is 0 Å². The summed E-state index contributed by atoms with van der Waals surface area (Å²) in [6, 6.07) is 13.8. The average Bonchev–Trinajstić information content (AvgIpc) is 2.97. The maximum absolute atomic E-state index is 10.8. The number of nitro groups is 1. The van der Waals surface area contributed by atoms with Crippen LogP contribution in [0.2, 0.25) is 0 Å². The molecule has 0 radical (unpaired) electrons. The molecule has 0 aliphatic carbocycles. The molecule has 1 aromatic heterocycles. The molecular weight excluding hydrogens is 270 g/mol. The highest BCUT2D eigenvalue weighted by Gasteiger charge is 2.14. The van der Waals surface area contributed by atoms with Gasteiger partial charge in [0.2, 0.25) is 11.8 Å². The van der Waals surface area contributed by atoms with Crippen molar-refractivity contribution in [1.29, 1.82) is 0 Å². The standard InChI is InChI=1S/C15H11N3O3/c1-10-5-2-3-8-13(10)15-17-16-14(21-15)11-6-4-7-12(9-11)18(19)20/h2-9H,1H3. The van der Waals surface area contributed by atoms with Crippen LogP contribution in [0.5, 0.6) is 0 Å². The van der Waals surface area contributed by atoms with Crippen molar-refractivity contribution in [3.63, 3.8) is 0 Å². The van der Waals surface area contributed by atoms with Crippen molar-refractivity contribution >= 4 is 5.69 Å². The predicted octanol–water partition coefficient (Wildman–Crippen LogP) is 3.62. The zero-order valence-corrected chi connectivity index (χ0v) is 11.2. The summed E-state index contributed by atoms with van der Waals surface area (Å²) < 4.78 is 5.63. The fourth-order valence-corrected chi connectivity index (χ4v) is 2.01. The number of benzene rings is 2. The lowest BCUT2D eigenvalue weighted by atomic mass is 10.1. The predicted molar refractivity (Wildman–Crippen MR) is 76.6 cm³/mol. The Hall–Kier alpha value is -3.02. The topological polar surface area (TPSA) is 82.1 Å². The van der Waals surface area contributed by atoms with Gasteiger partial charge in [-0.15, -0.1) is 10.2 Å². The first-order valence-electron chi connectivity index (χ1n) is 6.29. The number of nitrogens with zero attached hydrogens (tertiary/aromatic N) is 3. The number of rotatable bonds is 3. The summed E-state index contributed by atoms with van der Waals surface area (Å²) in [5.41, 5.74) is 2.38. The van der Waals surface area contributed by atoms with Crippen molar-refractivity contribution in [3.8, 4) is 22.9 Å². The van der Waals surface area contributed by atoms with E-state index in [0.29, 0.717) is 11.5 Å². The third kappa shape index (κ3) is 2.51. The molecule has 0 saturated heterocycles. The zero-order chi connectivity index (χ0) is 14.8. The molecule has 6 heteroatoms. The minimum atomic E-state index is -0.456. The van der Waals surface area contributed by atoms with Gasteiger partial charge in [-0.25, -0.2) is 0 Å². The molecule has 6 nitrogen and oxygen atoms in total. The van der Waals surface area contributed by atoms with Gasteiger partial charge in [0.05, 0.1) is 4.92 Å². The Balaban J connectivity index is 2.01. The third-order valence-corrected chi connectivity index (χ3v) is 3.10. The Morgan fingerprint density at radius 1 is 1.05 bits per heavy atom. The Morgan fingerprint density at radius 2 is 1.81 bits per heavy atom. The SMILES string of the molecule is Cc1ccccc1-c1nnc(-c2cccc([N+](=O)[O-])c2)o1. The van der Waals surface area contributed by atoms with E-state index < -0.39 is 4.92 Å². The van der Waals surface area contributed by atoms with Gasteiger partial charge in [-0.2, -0.15) is 0 Å². The molecule has 21 heavy (non-hydrogen) atoms. The summed E-state index contributed by atoms with van der Waals surface area (Å²) >= 11 is 0. The van der Waals surface area contributed by atoms with Gasteiger partial charge in [-0.1, -0.05) is 24.3 Å². The largest absolute Gasteiger partial charge is 0.416 e. The highest BCUT2D eigenvalue weighted by Crippen LogP contribution is 2.27. The van der Waals surface area contributed by atoms with E-state index in [2.05, 4.69) is 10.2 Å². The molecule has 0 N–H and O–H groups in total. The first-order chi connectivity index (χ1) is 10.1. The van der Waals surface area contributed by atoms with Gasteiger partial charge in [-0.3, -0.25) is 10.1 Å². The number of non-ortho nitro benzene ring substituents is 1. The molecule has 0 atom stereocenters. The summed E-state index contributed by atoms with van der Waals surface area (Å²) in [4.78, 5) is 10.3. The molecule has 3 rings (SSSR count). The van der Waals surface area contributed by atoms with Crippen molar-refractivity contribution < 1.29 is 9.34 Å². The average molecular weight is 281 g/mol. The molecule has 0 saturated carbocycles. The summed E-state index contributed by atoms with van der Waals surface area (Å²) in [5, 5.41) is 18.8. The van der Waals surface area contributed by atoms with Gasteiger partial charge in [0.1, 0.15) is 0 Å². The van der Waals surface area contributed by atoms with Gasteiger partial charge in [-0.05, 0) is 24.6 Å². The fourth-order valence-electron chi connectivity index (χ4n) is 2.01. The Kier molecular flexibility index (Phi) is 3.19. The van der Waals surface area contributed by atoms with Gasteiger partial charge in [0.25, 0.3) is 5.69 Å². The van der Waals surface area contributed by atoms with Crippen LogP contribution in [0.4, 0.5) is 5.69 Å². The maximum Gasteiger partial charge on any atom is 0.270 e. The second-order valence-electron chi connectivity index (χ2n) is 4.53. The molecule has 0 fully saturated rings. The summed E-state index contributed by atoms with van der Waals surface area (Å²) in [5.74, 6) is 0.659. The number of aromatic nitrogens is 2. The van der Waals surface area contributed by atoms with Crippen molar-refractivity contribution in [2.24, 2.45) is 0 Å². The highest BCUT2D eigenvalue weighted by molar-refractivity contribution is 5.62. The zero-order valence-electron chi connectivity index (χ0n) is 11.2. The van der Waals surface area contributed by atoms with Gasteiger partial charge >= 0.3 is 0 Å². The summed E-state index contributed by atoms with van der Waals surface area (Å²) in [6.45, 7) is 1.95. The molecule has 104 valence electrons. The van der Waals surface area contributed by atoms with E-state index in [-0.39, 0.29) is 11.6 Å². The van der Waals surface area contributed by atoms with Gasteiger partial charge in [0, 0.05) is 23.3 Å². The van der Waals surface area contributed by atoms with E-state index in [1.165, 1.54) is 12.1 Å². The van der Waals surface area contributed by atoms with Crippen LogP contribution in [0.3, 0.4) is 0 Å². The Labute approximate surface area is 120 Å². The van der Waals surface area contributed by atoms with E-state index in [4.69, 9.17) is 4.42 Å². The molecule has 2 aromatic carbocycles. The Morgan fingerprint density at radius 3 is 2.57 bits per heavy atom. The van der Waals surface area contributed by atoms with E-state index in [0.717, 1.165) is 11.1 Å². The van der Waals surface area contributed by atoms with E-state index in [9.17, 15) is 10.1 Å². The van der Waals surface area contributed by atoms with Crippen LogP contribution in [0, 0.1) is 17.0 Å². The number of hydrogen-bond acceptors (Lipinski definition) is 5. The number of aryl methyl sites for hydroxylation is 1. The third-order valence-electron chi connectivity index (χ3n) is 3.10. The van der Waals surface area contributed by atoms with Crippen molar-refractivity contribution in [2.45, 2.75) is 6.92 Å². The fraction of sp³-hybridized carbons (Fsp3) is 0.0667. The van der Waals surface area contributed by atoms with Crippen LogP contribution in [0.15, 0.2) is 52.9 Å². The maximum atomic E-state index is 10.8. The first-order valence-corrected chi connectivity index (χ1v) is 6.29. The second-order valence-corrected chi connectivity index (χ2v) is 4.53. The lowest BCUT2D eigenvalue weighted by Crippen LogP contribution is -1.88. The van der Waals surface area contributed by atoms with E-state index in [1.54, 1.807) is 12.1 Å². The first kappa shape index (κ1) is 13.0. The van der Waals surface area contributed by atoms with Crippen LogP contribution in [0.1, 0.15) is 5.56 Å². The highest BCUT2D eigenvalue weighted by atomic mass is 16.6. The number of hydrogen-bond donors (Lipinski definition) is 0. The molecule has 3 aromatic rings. The van der Waals surface area contributed by atoms with Crippen LogP contribution in [-0.2, 0) is 0 Å². The lowest BCUT2D eigenvalue weighted by molar-refractivity contribution is -0.384. The van der Waals surface area contributed by atoms with Gasteiger partial charge < -0.3 is 4.42 Å². The molecule has 0 aliphatic heterocycles. The second kappa shape index (κ2) is 5.16. The van der Waals surface area contributed by atoms with Crippen molar-refractivity contribution in [3.05, 3.63) is 64.2 Å². The van der Waals surface area contributed by atoms with Crippen LogP contribution >= 0.6 is 0 Å². The van der Waals surface area contributed by atoms with Crippen LogP contribution < -0.4 is 0 Å². The smallest absolute Gasteiger partial charge is 0.270 e. The molecule has 0 unspecified atom stereocenters. The molecule has 0 bridgehead atoms. The summed E-state index contributed by atoms with van der Waals surface area (Å²) in [6.07, 6.45) is 0. The monoisotopic (exact) mass is 281 g/mol. The molecule has 1 heterocycles. The normalized spacial score (nSPS) is 10.5. The molecule has 0 amide bonds. The quantitative estimate of drug-likeness (QED) is 0.541. The van der Waals surface area contributed by atoms with Gasteiger partial charge in [0.15, 0.2) is 0 Å². The van der Waals surface area contributed by atoms with Crippen LogP contribution in [-0.4, -0.2) is 15.1 Å². The van der Waals surface area contributed by atoms with E-state index >= 15 is 0 Å². The van der Waals surface area contributed by atoms with Crippen LogP contribution in [0.25, 0.3) is 22.9 Å². The van der Waals surface area contributed by atoms with Crippen molar-refractivity contribution in [1.82, 2.24) is 10.2 Å². The molecule has 0 aliphatic rings. The Bertz CT molecular complexity index is 811. The minimum Gasteiger partial charge on any atom is -0.416 e. The molecule has 0 spiro atoms.